The topological polar surface area (TPSA) is 38.9 Å². The summed E-state index contributed by atoms with van der Waals surface area (Å²) in [6.07, 6.45) is 4.08. The van der Waals surface area contributed by atoms with Gasteiger partial charge in [0, 0.05) is 23.4 Å². The van der Waals surface area contributed by atoms with Gasteiger partial charge in [0.2, 0.25) is 0 Å². The van der Waals surface area contributed by atoms with Crippen molar-refractivity contribution in [3.63, 3.8) is 0 Å². The molecule has 1 aromatic carbocycles. The molecule has 0 amide bonds. The number of rotatable bonds is 0. The van der Waals surface area contributed by atoms with Gasteiger partial charge in [0.1, 0.15) is 0 Å². The summed E-state index contributed by atoms with van der Waals surface area (Å²) < 4.78 is 5.04. The van der Waals surface area contributed by atoms with E-state index in [0.717, 1.165) is 11.1 Å². The molecule has 0 saturated carbocycles. The first-order valence-corrected chi connectivity index (χ1v) is 5.11. The van der Waals surface area contributed by atoms with Gasteiger partial charge >= 0.3 is 0 Å². The van der Waals surface area contributed by atoms with E-state index in [0.29, 0.717) is 11.2 Å². The van der Waals surface area contributed by atoms with Gasteiger partial charge in [-0.3, -0.25) is 0 Å². The second-order valence-corrected chi connectivity index (χ2v) is 3.47. The second-order valence-electron chi connectivity index (χ2n) is 3.47. The van der Waals surface area contributed by atoms with Crippen LogP contribution in [0.4, 0.5) is 0 Å². The number of oxazole rings is 1. The van der Waals surface area contributed by atoms with E-state index in [-0.39, 0.29) is 0 Å². The number of aromatic nitrogens is 2. The second kappa shape index (κ2) is 4.11. The molecule has 0 aliphatic heterocycles. The first-order chi connectivity index (χ1) is 8.42. The molecule has 0 unspecified atom stereocenters. The Morgan fingerprint density at radius 2 is 1.88 bits per heavy atom. The first kappa shape index (κ1) is 9.61. The summed E-state index contributed by atoms with van der Waals surface area (Å²) >= 11 is 0. The van der Waals surface area contributed by atoms with E-state index in [2.05, 4.69) is 28.2 Å². The van der Waals surface area contributed by atoms with Crippen LogP contribution in [0.2, 0.25) is 0 Å². The molecule has 0 N–H and O–H groups in total. The Hall–Kier alpha value is -2.60. The standard InChI is InChI=1S/C14H7N2O/c1-2-4-11(5-3-1)6-7-12-8-13-14(15-9-12)16-10-17-13/h1-5,8-9H. The first-order valence-electron chi connectivity index (χ1n) is 5.11. The number of fused-ring (bicyclic) bond motifs is 1. The zero-order valence-corrected chi connectivity index (χ0v) is 8.84. The molecule has 0 saturated heterocycles. The van der Waals surface area contributed by atoms with Crippen LogP contribution in [0.1, 0.15) is 11.1 Å². The van der Waals surface area contributed by atoms with Crippen molar-refractivity contribution in [2.75, 3.05) is 0 Å². The number of pyridine rings is 1. The van der Waals surface area contributed by atoms with Crippen molar-refractivity contribution in [3.8, 4) is 11.8 Å². The minimum absolute atomic E-state index is 0.551. The van der Waals surface area contributed by atoms with E-state index in [1.54, 1.807) is 6.20 Å². The number of benzene rings is 1. The Kier molecular flexibility index (Phi) is 2.32. The van der Waals surface area contributed by atoms with Gasteiger partial charge in [0.15, 0.2) is 11.2 Å². The van der Waals surface area contributed by atoms with E-state index in [1.807, 2.05) is 36.4 Å². The monoisotopic (exact) mass is 219 g/mol. The fourth-order valence-corrected chi connectivity index (χ4v) is 1.45. The molecule has 1 radical (unpaired) electrons. The summed E-state index contributed by atoms with van der Waals surface area (Å²) in [4.78, 5) is 7.94. The highest BCUT2D eigenvalue weighted by atomic mass is 16.3. The molecule has 3 aromatic rings. The molecule has 0 aliphatic rings. The zero-order valence-electron chi connectivity index (χ0n) is 8.84. The van der Waals surface area contributed by atoms with Gasteiger partial charge in [0.25, 0.3) is 6.39 Å². The summed E-state index contributed by atoms with van der Waals surface area (Å²) in [5.74, 6) is 6.08. The van der Waals surface area contributed by atoms with Gasteiger partial charge < -0.3 is 4.42 Å². The third-order valence-corrected chi connectivity index (χ3v) is 2.27. The summed E-state index contributed by atoms with van der Waals surface area (Å²) in [5, 5.41) is 0. The lowest BCUT2D eigenvalue weighted by atomic mass is 10.2. The van der Waals surface area contributed by atoms with Gasteiger partial charge in [-0.2, -0.15) is 4.98 Å². The van der Waals surface area contributed by atoms with Crippen molar-refractivity contribution in [1.29, 1.82) is 0 Å². The van der Waals surface area contributed by atoms with Crippen LogP contribution in [0, 0.1) is 18.2 Å². The van der Waals surface area contributed by atoms with Crippen LogP contribution in [0.3, 0.4) is 0 Å². The van der Waals surface area contributed by atoms with Crippen LogP contribution >= 0.6 is 0 Å². The Labute approximate surface area is 98.1 Å². The van der Waals surface area contributed by atoms with Crippen LogP contribution in [-0.2, 0) is 0 Å². The van der Waals surface area contributed by atoms with Gasteiger partial charge in [0.05, 0.1) is 0 Å². The summed E-state index contributed by atoms with van der Waals surface area (Å²) in [5.41, 5.74) is 2.92. The highest BCUT2D eigenvalue weighted by molar-refractivity contribution is 5.68. The number of hydrogen-bond acceptors (Lipinski definition) is 3. The van der Waals surface area contributed by atoms with Crippen molar-refractivity contribution in [2.45, 2.75) is 0 Å². The third-order valence-electron chi connectivity index (χ3n) is 2.27. The lowest BCUT2D eigenvalue weighted by molar-refractivity contribution is 0.591. The maximum Gasteiger partial charge on any atom is 0.286 e. The van der Waals surface area contributed by atoms with Crippen molar-refractivity contribution < 1.29 is 4.42 Å². The van der Waals surface area contributed by atoms with Gasteiger partial charge in [-0.05, 0) is 12.1 Å². The Bertz CT molecular complexity index is 705. The average Bonchev–Trinajstić information content (AvgIpc) is 2.85. The molecule has 0 spiro atoms. The molecular formula is C14H7N2O. The lowest BCUT2D eigenvalue weighted by Crippen LogP contribution is -1.80. The van der Waals surface area contributed by atoms with Crippen molar-refractivity contribution >= 4 is 11.2 Å². The summed E-state index contributed by atoms with van der Waals surface area (Å²) in [6.45, 7) is 0. The molecule has 0 fully saturated rings. The molecule has 17 heavy (non-hydrogen) atoms. The molecule has 2 aromatic heterocycles. The molecule has 79 valence electrons. The molecule has 0 aliphatic carbocycles. The fraction of sp³-hybridized carbons (Fsp3) is 0. The quantitative estimate of drug-likeness (QED) is 0.545. The molecule has 0 atom stereocenters. The lowest BCUT2D eigenvalue weighted by Gasteiger charge is -1.89. The normalized spacial score (nSPS) is 9.88. The average molecular weight is 219 g/mol. The molecule has 3 nitrogen and oxygen atoms in total. The van der Waals surface area contributed by atoms with Crippen LogP contribution in [0.15, 0.2) is 47.0 Å². The van der Waals surface area contributed by atoms with Crippen LogP contribution in [0.25, 0.3) is 11.2 Å². The highest BCUT2D eigenvalue weighted by Crippen LogP contribution is 2.10. The van der Waals surface area contributed by atoms with Gasteiger partial charge in [-0.15, -0.1) is 0 Å². The molecular weight excluding hydrogens is 212 g/mol. The zero-order chi connectivity index (χ0) is 11.5. The van der Waals surface area contributed by atoms with Gasteiger partial charge in [-0.25, -0.2) is 4.98 Å². The number of nitrogens with zero attached hydrogens (tertiary/aromatic N) is 2. The molecule has 0 bridgehead atoms. The van der Waals surface area contributed by atoms with Crippen LogP contribution in [-0.4, -0.2) is 9.97 Å². The smallest absolute Gasteiger partial charge is 0.286 e. The molecule has 3 rings (SSSR count). The third kappa shape index (κ3) is 2.01. The fourth-order valence-electron chi connectivity index (χ4n) is 1.45. The van der Waals surface area contributed by atoms with Crippen molar-refractivity contribution in [3.05, 3.63) is 60.1 Å². The summed E-state index contributed by atoms with van der Waals surface area (Å²) in [6, 6.07) is 11.6. The van der Waals surface area contributed by atoms with E-state index >= 15 is 0 Å². The minimum Gasteiger partial charge on any atom is -0.431 e. The molecule has 3 heteroatoms. The SMILES string of the molecule is C(#Cc1cnc2n[c]oc2c1)c1ccccc1. The predicted molar refractivity (Wildman–Crippen MR) is 63.1 cm³/mol. The molecule has 2 heterocycles. The maximum absolute atomic E-state index is 5.04. The van der Waals surface area contributed by atoms with Crippen LogP contribution in [0.5, 0.6) is 0 Å². The largest absolute Gasteiger partial charge is 0.431 e. The van der Waals surface area contributed by atoms with E-state index in [4.69, 9.17) is 4.42 Å². The summed E-state index contributed by atoms with van der Waals surface area (Å²) in [7, 11) is 0. The Balaban J connectivity index is 1.97. The minimum atomic E-state index is 0.551. The van der Waals surface area contributed by atoms with Crippen LogP contribution < -0.4 is 0 Å². The van der Waals surface area contributed by atoms with E-state index in [1.165, 1.54) is 0 Å². The van der Waals surface area contributed by atoms with E-state index < -0.39 is 0 Å². The van der Waals surface area contributed by atoms with Crippen molar-refractivity contribution in [1.82, 2.24) is 9.97 Å². The predicted octanol–water partition coefficient (Wildman–Crippen LogP) is 2.42. The van der Waals surface area contributed by atoms with Crippen molar-refractivity contribution in [2.24, 2.45) is 0 Å². The Morgan fingerprint density at radius 1 is 1.06 bits per heavy atom. The Morgan fingerprint density at radius 3 is 2.76 bits per heavy atom. The maximum atomic E-state index is 5.04. The van der Waals surface area contributed by atoms with E-state index in [9.17, 15) is 0 Å². The number of hydrogen-bond donors (Lipinski definition) is 0. The highest BCUT2D eigenvalue weighted by Gasteiger charge is 1.99. The van der Waals surface area contributed by atoms with Gasteiger partial charge in [-0.1, -0.05) is 30.0 Å².